The summed E-state index contributed by atoms with van der Waals surface area (Å²) in [5.41, 5.74) is 8.15. The van der Waals surface area contributed by atoms with Gasteiger partial charge in [0.1, 0.15) is 0 Å². The van der Waals surface area contributed by atoms with Gasteiger partial charge < -0.3 is 15.5 Å². The van der Waals surface area contributed by atoms with Gasteiger partial charge in [0, 0.05) is 30.9 Å². The molecule has 1 aromatic rings. The van der Waals surface area contributed by atoms with Gasteiger partial charge >= 0.3 is 0 Å². The van der Waals surface area contributed by atoms with Gasteiger partial charge in [-0.25, -0.2) is 0 Å². The van der Waals surface area contributed by atoms with Crippen molar-refractivity contribution < 1.29 is 4.79 Å². The normalized spacial score (nSPS) is 16.6. The van der Waals surface area contributed by atoms with Crippen LogP contribution in [-0.4, -0.2) is 48.9 Å². The average molecular weight is 284 g/mol. The van der Waals surface area contributed by atoms with Crippen LogP contribution < -0.4 is 5.73 Å². The highest BCUT2D eigenvalue weighted by atomic mass is 35.5. The van der Waals surface area contributed by atoms with Crippen LogP contribution in [0.1, 0.15) is 22.3 Å². The second-order valence-electron chi connectivity index (χ2n) is 5.02. The molecule has 4 nitrogen and oxygen atoms in total. The third kappa shape index (κ3) is 3.85. The molecule has 0 unspecified atom stereocenters. The molecule has 1 fully saturated rings. The fraction of sp³-hybridized carbons (Fsp3) is 0.500. The lowest BCUT2D eigenvalue weighted by atomic mass is 10.1. The van der Waals surface area contributed by atoms with Crippen molar-refractivity contribution in [3.8, 4) is 0 Å². The number of rotatable bonds is 1. The van der Waals surface area contributed by atoms with E-state index in [-0.39, 0.29) is 18.3 Å². The van der Waals surface area contributed by atoms with E-state index in [0.717, 1.165) is 43.7 Å². The van der Waals surface area contributed by atoms with Crippen molar-refractivity contribution in [1.82, 2.24) is 9.80 Å². The molecule has 1 aliphatic heterocycles. The molecule has 2 rings (SSSR count). The van der Waals surface area contributed by atoms with Crippen molar-refractivity contribution in [3.63, 3.8) is 0 Å². The first-order valence-corrected chi connectivity index (χ1v) is 6.42. The number of nitrogen functional groups attached to an aromatic ring is 1. The summed E-state index contributed by atoms with van der Waals surface area (Å²) in [5.74, 6) is 0.107. The summed E-state index contributed by atoms with van der Waals surface area (Å²) in [6.45, 7) is 5.57. The van der Waals surface area contributed by atoms with Crippen LogP contribution in [-0.2, 0) is 0 Å². The highest BCUT2D eigenvalue weighted by Gasteiger charge is 2.20. The molecule has 0 spiro atoms. The number of amides is 1. The molecule has 106 valence electrons. The number of carbonyl (C=O) groups is 1. The van der Waals surface area contributed by atoms with Crippen LogP contribution in [0.3, 0.4) is 0 Å². The number of nitrogens with zero attached hydrogens (tertiary/aromatic N) is 2. The van der Waals surface area contributed by atoms with Gasteiger partial charge in [-0.3, -0.25) is 4.79 Å². The molecule has 1 amide bonds. The number of halogens is 1. The van der Waals surface area contributed by atoms with Crippen LogP contribution in [0.5, 0.6) is 0 Å². The molecule has 1 aliphatic rings. The zero-order chi connectivity index (χ0) is 13.1. The second kappa shape index (κ2) is 6.78. The largest absolute Gasteiger partial charge is 0.399 e. The summed E-state index contributed by atoms with van der Waals surface area (Å²) in [7, 11) is 2.10. The van der Waals surface area contributed by atoms with E-state index in [4.69, 9.17) is 5.73 Å². The lowest BCUT2D eigenvalue weighted by Gasteiger charge is -2.21. The summed E-state index contributed by atoms with van der Waals surface area (Å²) in [6, 6.07) is 5.53. The number of carbonyl (C=O) groups excluding carboxylic acids is 1. The molecule has 19 heavy (non-hydrogen) atoms. The van der Waals surface area contributed by atoms with E-state index < -0.39 is 0 Å². The van der Waals surface area contributed by atoms with E-state index in [1.54, 1.807) is 6.07 Å². The maximum absolute atomic E-state index is 12.5. The monoisotopic (exact) mass is 283 g/mol. The summed E-state index contributed by atoms with van der Waals surface area (Å²) >= 11 is 0. The van der Waals surface area contributed by atoms with E-state index in [9.17, 15) is 4.79 Å². The molecule has 1 aromatic carbocycles. The number of anilines is 1. The molecular formula is C14H22ClN3O. The van der Waals surface area contributed by atoms with Crippen LogP contribution in [0, 0.1) is 6.92 Å². The Hall–Kier alpha value is -1.26. The molecule has 0 atom stereocenters. The number of nitrogens with two attached hydrogens (primary N) is 1. The Kier molecular flexibility index (Phi) is 5.63. The van der Waals surface area contributed by atoms with Crippen LogP contribution in [0.25, 0.3) is 0 Å². The van der Waals surface area contributed by atoms with Crippen molar-refractivity contribution in [2.45, 2.75) is 13.3 Å². The van der Waals surface area contributed by atoms with Gasteiger partial charge in [-0.15, -0.1) is 12.4 Å². The van der Waals surface area contributed by atoms with Crippen molar-refractivity contribution in [1.29, 1.82) is 0 Å². The first kappa shape index (κ1) is 15.8. The topological polar surface area (TPSA) is 49.6 Å². The van der Waals surface area contributed by atoms with Crippen molar-refractivity contribution in [2.75, 3.05) is 39.0 Å². The fourth-order valence-electron chi connectivity index (χ4n) is 2.29. The lowest BCUT2D eigenvalue weighted by molar-refractivity contribution is 0.0762. The lowest BCUT2D eigenvalue weighted by Crippen LogP contribution is -2.34. The fourth-order valence-corrected chi connectivity index (χ4v) is 2.29. The number of hydrogen-bond acceptors (Lipinski definition) is 3. The third-order valence-corrected chi connectivity index (χ3v) is 3.50. The zero-order valence-electron chi connectivity index (χ0n) is 11.6. The predicted octanol–water partition coefficient (Wildman–Crippen LogP) is 1.78. The quantitative estimate of drug-likeness (QED) is 0.799. The first-order valence-electron chi connectivity index (χ1n) is 6.42. The number of likely N-dealkylation sites (N-methyl/N-ethyl adjacent to an activating group) is 1. The molecule has 5 heteroatoms. The molecule has 0 aliphatic carbocycles. The van der Waals surface area contributed by atoms with Crippen LogP contribution in [0.4, 0.5) is 5.69 Å². The third-order valence-electron chi connectivity index (χ3n) is 3.50. The molecule has 1 saturated heterocycles. The molecule has 1 heterocycles. The molecule has 2 N–H and O–H groups in total. The van der Waals surface area contributed by atoms with E-state index >= 15 is 0 Å². The van der Waals surface area contributed by atoms with E-state index in [0.29, 0.717) is 5.69 Å². The Morgan fingerprint density at radius 3 is 2.68 bits per heavy atom. The summed E-state index contributed by atoms with van der Waals surface area (Å²) in [5, 5.41) is 0. The summed E-state index contributed by atoms with van der Waals surface area (Å²) < 4.78 is 0. The number of benzene rings is 1. The Bertz CT molecular complexity index is 450. The summed E-state index contributed by atoms with van der Waals surface area (Å²) in [4.78, 5) is 16.7. The zero-order valence-corrected chi connectivity index (χ0v) is 12.4. The average Bonchev–Trinajstić information content (AvgIpc) is 2.56. The van der Waals surface area contributed by atoms with E-state index in [2.05, 4.69) is 11.9 Å². The van der Waals surface area contributed by atoms with Crippen molar-refractivity contribution >= 4 is 24.0 Å². The SMILES string of the molecule is Cc1ccc(N)cc1C(=O)N1CCCN(C)CC1.Cl. The number of hydrogen-bond donors (Lipinski definition) is 1. The predicted molar refractivity (Wildman–Crippen MR) is 80.9 cm³/mol. The Morgan fingerprint density at radius 1 is 1.21 bits per heavy atom. The number of aryl methyl sites for hydroxylation is 1. The first-order chi connectivity index (χ1) is 8.58. The standard InChI is InChI=1S/C14H21N3O.ClH/c1-11-4-5-12(15)10-13(11)14(18)17-7-3-6-16(2)8-9-17;/h4-5,10H,3,6-9,15H2,1-2H3;1H. The van der Waals surface area contributed by atoms with Gasteiger partial charge in [-0.2, -0.15) is 0 Å². The molecular weight excluding hydrogens is 262 g/mol. The van der Waals surface area contributed by atoms with Gasteiger partial charge in [0.05, 0.1) is 0 Å². The van der Waals surface area contributed by atoms with Gasteiger partial charge in [-0.1, -0.05) is 6.07 Å². The molecule has 0 aromatic heterocycles. The minimum Gasteiger partial charge on any atom is -0.399 e. The van der Waals surface area contributed by atoms with Crippen LogP contribution >= 0.6 is 12.4 Å². The van der Waals surface area contributed by atoms with E-state index in [1.807, 2.05) is 24.0 Å². The van der Waals surface area contributed by atoms with Gasteiger partial charge in [-0.05, 0) is 44.6 Å². The maximum Gasteiger partial charge on any atom is 0.254 e. The summed E-state index contributed by atoms with van der Waals surface area (Å²) in [6.07, 6.45) is 1.03. The van der Waals surface area contributed by atoms with Gasteiger partial charge in [0.2, 0.25) is 0 Å². The minimum atomic E-state index is 0. The molecule has 0 bridgehead atoms. The Balaban J connectivity index is 0.00000180. The van der Waals surface area contributed by atoms with Crippen LogP contribution in [0.2, 0.25) is 0 Å². The van der Waals surface area contributed by atoms with Crippen molar-refractivity contribution in [3.05, 3.63) is 29.3 Å². The second-order valence-corrected chi connectivity index (χ2v) is 5.02. The van der Waals surface area contributed by atoms with Gasteiger partial charge in [0.15, 0.2) is 0 Å². The molecule has 0 radical (unpaired) electrons. The highest BCUT2D eigenvalue weighted by Crippen LogP contribution is 2.16. The minimum absolute atomic E-state index is 0. The van der Waals surface area contributed by atoms with Crippen molar-refractivity contribution in [2.24, 2.45) is 0 Å². The van der Waals surface area contributed by atoms with Crippen LogP contribution in [0.15, 0.2) is 18.2 Å². The van der Waals surface area contributed by atoms with E-state index in [1.165, 1.54) is 0 Å². The Labute approximate surface area is 121 Å². The highest BCUT2D eigenvalue weighted by molar-refractivity contribution is 5.96. The molecule has 0 saturated carbocycles. The maximum atomic E-state index is 12.5. The van der Waals surface area contributed by atoms with Gasteiger partial charge in [0.25, 0.3) is 5.91 Å². The smallest absolute Gasteiger partial charge is 0.254 e. The Morgan fingerprint density at radius 2 is 1.95 bits per heavy atom.